The van der Waals surface area contributed by atoms with Gasteiger partial charge < -0.3 is 10.2 Å². The summed E-state index contributed by atoms with van der Waals surface area (Å²) in [4.78, 5) is 3.59. The fourth-order valence-electron chi connectivity index (χ4n) is 1.63. The molecule has 2 aromatic rings. The molecule has 0 aliphatic rings. The zero-order chi connectivity index (χ0) is 12.3. The summed E-state index contributed by atoms with van der Waals surface area (Å²) < 4.78 is 13.4. The normalized spacial score (nSPS) is 14.3. The fraction of sp³-hybridized carbons (Fsp3) is 0.154. The van der Waals surface area contributed by atoms with E-state index in [0.29, 0.717) is 5.56 Å². The maximum absolute atomic E-state index is 13.4. The largest absolute Gasteiger partial charge is 0.385 e. The van der Waals surface area contributed by atoms with Crippen molar-refractivity contribution in [3.63, 3.8) is 0 Å². The Morgan fingerprint density at radius 1 is 1.00 bits per heavy atom. The third-order valence-electron chi connectivity index (χ3n) is 2.56. The van der Waals surface area contributed by atoms with Crippen LogP contribution in [0.2, 0.25) is 0 Å². The Morgan fingerprint density at radius 2 is 1.71 bits per heavy atom. The molecule has 3 nitrogen and oxygen atoms in total. The summed E-state index contributed by atoms with van der Waals surface area (Å²) in [6.07, 6.45) is -0.0798. The molecule has 17 heavy (non-hydrogen) atoms. The van der Waals surface area contributed by atoms with Crippen LogP contribution in [0.15, 0.2) is 48.8 Å². The Hall–Kier alpha value is -1.78. The molecule has 0 saturated heterocycles. The molecule has 4 heteroatoms. The van der Waals surface area contributed by atoms with E-state index in [1.54, 1.807) is 30.3 Å². The van der Waals surface area contributed by atoms with Crippen LogP contribution in [-0.2, 0) is 0 Å². The van der Waals surface area contributed by atoms with Crippen LogP contribution in [0.25, 0.3) is 0 Å². The standard InChI is InChI=1S/C13H12FNO2/c14-11-8-15-7-6-10(11)13(17)12(16)9-4-2-1-3-5-9/h1-8,12-13,16-17H. The predicted octanol–water partition coefficient (Wildman–Crippen LogP) is 1.99. The average Bonchev–Trinajstić information content (AvgIpc) is 2.39. The number of nitrogens with zero attached hydrogens (tertiary/aromatic N) is 1. The van der Waals surface area contributed by atoms with Crippen molar-refractivity contribution >= 4 is 0 Å². The van der Waals surface area contributed by atoms with E-state index in [0.717, 1.165) is 6.20 Å². The predicted molar refractivity (Wildman–Crippen MR) is 60.6 cm³/mol. The lowest BCUT2D eigenvalue weighted by Crippen LogP contribution is -2.12. The van der Waals surface area contributed by atoms with E-state index in [1.165, 1.54) is 12.3 Å². The lowest BCUT2D eigenvalue weighted by atomic mass is 9.99. The van der Waals surface area contributed by atoms with E-state index in [1.807, 2.05) is 0 Å². The molecule has 0 radical (unpaired) electrons. The van der Waals surface area contributed by atoms with Crippen molar-refractivity contribution in [2.75, 3.05) is 0 Å². The number of aromatic nitrogens is 1. The summed E-state index contributed by atoms with van der Waals surface area (Å²) in [5.74, 6) is -0.630. The van der Waals surface area contributed by atoms with Gasteiger partial charge in [0.2, 0.25) is 0 Å². The van der Waals surface area contributed by atoms with Gasteiger partial charge in [0.05, 0.1) is 6.20 Å². The summed E-state index contributed by atoms with van der Waals surface area (Å²) in [5.41, 5.74) is 0.576. The van der Waals surface area contributed by atoms with Gasteiger partial charge in [0.1, 0.15) is 18.0 Å². The number of aliphatic hydroxyl groups excluding tert-OH is 2. The van der Waals surface area contributed by atoms with Gasteiger partial charge in [-0.05, 0) is 11.6 Å². The Kier molecular flexibility index (Phi) is 3.46. The van der Waals surface area contributed by atoms with Crippen LogP contribution < -0.4 is 0 Å². The number of pyridine rings is 1. The molecule has 2 unspecified atom stereocenters. The first-order valence-electron chi connectivity index (χ1n) is 5.20. The van der Waals surface area contributed by atoms with Gasteiger partial charge in [0, 0.05) is 11.8 Å². The van der Waals surface area contributed by atoms with Gasteiger partial charge in [0.25, 0.3) is 0 Å². The van der Waals surface area contributed by atoms with Crippen LogP contribution in [0.1, 0.15) is 23.3 Å². The van der Waals surface area contributed by atoms with Crippen LogP contribution in [0.3, 0.4) is 0 Å². The molecule has 0 bridgehead atoms. The fourth-order valence-corrected chi connectivity index (χ4v) is 1.63. The summed E-state index contributed by atoms with van der Waals surface area (Å²) >= 11 is 0. The third-order valence-corrected chi connectivity index (χ3v) is 2.56. The minimum Gasteiger partial charge on any atom is -0.385 e. The summed E-state index contributed by atoms with van der Waals surface area (Å²) in [7, 11) is 0. The van der Waals surface area contributed by atoms with E-state index in [-0.39, 0.29) is 5.56 Å². The zero-order valence-corrected chi connectivity index (χ0v) is 8.99. The minimum atomic E-state index is -1.31. The molecule has 2 rings (SSSR count). The van der Waals surface area contributed by atoms with E-state index in [4.69, 9.17) is 0 Å². The van der Waals surface area contributed by atoms with Crippen molar-refractivity contribution in [2.45, 2.75) is 12.2 Å². The first-order valence-corrected chi connectivity index (χ1v) is 5.20. The van der Waals surface area contributed by atoms with Crippen LogP contribution in [0.5, 0.6) is 0 Å². The highest BCUT2D eigenvalue weighted by Gasteiger charge is 2.22. The highest BCUT2D eigenvalue weighted by molar-refractivity contribution is 5.24. The molecule has 88 valence electrons. The quantitative estimate of drug-likeness (QED) is 0.852. The smallest absolute Gasteiger partial charge is 0.147 e. The number of hydrogen-bond donors (Lipinski definition) is 2. The average molecular weight is 233 g/mol. The van der Waals surface area contributed by atoms with Crippen LogP contribution in [-0.4, -0.2) is 15.2 Å². The van der Waals surface area contributed by atoms with Gasteiger partial charge in [-0.1, -0.05) is 30.3 Å². The molecular weight excluding hydrogens is 221 g/mol. The van der Waals surface area contributed by atoms with E-state index in [2.05, 4.69) is 4.98 Å². The van der Waals surface area contributed by atoms with Crippen molar-refractivity contribution in [3.8, 4) is 0 Å². The zero-order valence-electron chi connectivity index (χ0n) is 8.99. The molecule has 0 aliphatic carbocycles. The number of rotatable bonds is 3. The highest BCUT2D eigenvalue weighted by Crippen LogP contribution is 2.29. The second-order valence-corrected chi connectivity index (χ2v) is 3.70. The molecule has 0 aliphatic heterocycles. The first-order chi connectivity index (χ1) is 8.20. The van der Waals surface area contributed by atoms with Crippen LogP contribution >= 0.6 is 0 Å². The van der Waals surface area contributed by atoms with Gasteiger partial charge in [-0.15, -0.1) is 0 Å². The second kappa shape index (κ2) is 5.03. The minimum absolute atomic E-state index is 0.0383. The Bertz CT molecular complexity index is 490. The monoisotopic (exact) mass is 233 g/mol. The third kappa shape index (κ3) is 2.49. The lowest BCUT2D eigenvalue weighted by molar-refractivity contribution is 0.0150. The van der Waals surface area contributed by atoms with Gasteiger partial charge in [-0.2, -0.15) is 0 Å². The second-order valence-electron chi connectivity index (χ2n) is 3.70. The molecule has 0 spiro atoms. The maximum atomic E-state index is 13.4. The van der Waals surface area contributed by atoms with Crippen molar-refractivity contribution in [1.29, 1.82) is 0 Å². The Labute approximate surface area is 98.2 Å². The van der Waals surface area contributed by atoms with Crippen molar-refractivity contribution in [3.05, 3.63) is 65.7 Å². The molecule has 0 saturated carbocycles. The molecule has 0 fully saturated rings. The number of halogens is 1. The van der Waals surface area contributed by atoms with E-state index >= 15 is 0 Å². The molecule has 2 atom stereocenters. The maximum Gasteiger partial charge on any atom is 0.147 e. The topological polar surface area (TPSA) is 53.4 Å². The van der Waals surface area contributed by atoms with Gasteiger partial charge in [-0.3, -0.25) is 4.98 Å². The SMILES string of the molecule is OC(c1ccccc1)C(O)c1ccncc1F. The van der Waals surface area contributed by atoms with E-state index < -0.39 is 18.0 Å². The van der Waals surface area contributed by atoms with Gasteiger partial charge in [-0.25, -0.2) is 4.39 Å². The molecule has 1 heterocycles. The van der Waals surface area contributed by atoms with Crippen LogP contribution in [0, 0.1) is 5.82 Å². The first kappa shape index (κ1) is 11.7. The Morgan fingerprint density at radius 3 is 2.35 bits per heavy atom. The molecule has 2 N–H and O–H groups in total. The number of benzene rings is 1. The molecule has 1 aromatic carbocycles. The number of aliphatic hydroxyl groups is 2. The summed E-state index contributed by atoms with van der Waals surface area (Å²) in [6, 6.07) is 9.99. The molecular formula is C13H12FNO2. The van der Waals surface area contributed by atoms with Crippen molar-refractivity contribution in [2.24, 2.45) is 0 Å². The summed E-state index contributed by atoms with van der Waals surface area (Å²) in [5, 5.41) is 19.8. The van der Waals surface area contributed by atoms with E-state index in [9.17, 15) is 14.6 Å². The Balaban J connectivity index is 2.27. The highest BCUT2D eigenvalue weighted by atomic mass is 19.1. The number of hydrogen-bond acceptors (Lipinski definition) is 3. The van der Waals surface area contributed by atoms with Gasteiger partial charge >= 0.3 is 0 Å². The van der Waals surface area contributed by atoms with Crippen molar-refractivity contribution < 1.29 is 14.6 Å². The van der Waals surface area contributed by atoms with Crippen LogP contribution in [0.4, 0.5) is 4.39 Å². The van der Waals surface area contributed by atoms with Gasteiger partial charge in [0.15, 0.2) is 0 Å². The van der Waals surface area contributed by atoms with Crippen molar-refractivity contribution in [1.82, 2.24) is 4.98 Å². The lowest BCUT2D eigenvalue weighted by Gasteiger charge is -2.18. The summed E-state index contributed by atoms with van der Waals surface area (Å²) in [6.45, 7) is 0. The molecule has 1 aromatic heterocycles. The molecule has 0 amide bonds.